The molecule has 10 heteroatoms. The molecule has 152 valence electrons. The Kier molecular flexibility index (Phi) is 5.98. The molecule has 1 atom stereocenters. The largest absolute Gasteiger partial charge is 0.508 e. The molecule has 29 heavy (non-hydrogen) atoms. The van der Waals surface area contributed by atoms with Gasteiger partial charge in [0.25, 0.3) is 10.1 Å². The fourth-order valence-corrected chi connectivity index (χ4v) is 5.76. The van der Waals surface area contributed by atoms with Crippen LogP contribution in [0, 0.1) is 0 Å². The highest BCUT2D eigenvalue weighted by Gasteiger charge is 2.53. The minimum atomic E-state index is -5.19. The molecule has 0 aliphatic heterocycles. The summed E-state index contributed by atoms with van der Waals surface area (Å²) in [5.74, 6) is -0.932. The molecule has 0 heterocycles. The van der Waals surface area contributed by atoms with Crippen LogP contribution in [0.4, 0.5) is 0 Å². The van der Waals surface area contributed by atoms with Crippen LogP contribution in [0.15, 0.2) is 54.6 Å². The molecule has 0 bridgehead atoms. The summed E-state index contributed by atoms with van der Waals surface area (Å²) in [7, 11) is -5.19. The maximum atomic E-state index is 13.0. The second kappa shape index (κ2) is 7.87. The average molecular weight is 494 g/mol. The van der Waals surface area contributed by atoms with E-state index in [0.29, 0.717) is 0 Å². The molecule has 0 amide bonds. The van der Waals surface area contributed by atoms with Crippen LogP contribution in [-0.4, -0.2) is 23.2 Å². The van der Waals surface area contributed by atoms with Gasteiger partial charge in [0.2, 0.25) is 0 Å². The fourth-order valence-electron chi connectivity index (χ4n) is 3.23. The second-order valence-corrected chi connectivity index (χ2v) is 9.22. The topological polar surface area (TPSA) is 94.8 Å². The summed E-state index contributed by atoms with van der Waals surface area (Å²) in [6.07, 6.45) is 0. The highest BCUT2D eigenvalue weighted by Crippen LogP contribution is 2.54. The number of phenols is 2. The number of aromatic hydroxyl groups is 2. The lowest BCUT2D eigenvalue weighted by atomic mass is 9.83. The van der Waals surface area contributed by atoms with Crippen LogP contribution < -0.4 is 0 Å². The summed E-state index contributed by atoms with van der Waals surface area (Å²) < 4.78 is 34.0. The highest BCUT2D eigenvalue weighted by molar-refractivity contribution is 7.87. The molecule has 3 rings (SSSR count). The summed E-state index contributed by atoms with van der Waals surface area (Å²) >= 11 is 25.0. The van der Waals surface area contributed by atoms with Gasteiger partial charge < -0.3 is 10.2 Å². The average Bonchev–Trinajstić information content (AvgIpc) is 2.64. The van der Waals surface area contributed by atoms with Crippen molar-refractivity contribution >= 4 is 56.5 Å². The van der Waals surface area contributed by atoms with Crippen molar-refractivity contribution < 1.29 is 23.2 Å². The Hall–Kier alpha value is -1.67. The normalized spacial score (nSPS) is 13.8. The van der Waals surface area contributed by atoms with Gasteiger partial charge in [-0.3, -0.25) is 4.55 Å². The van der Waals surface area contributed by atoms with Crippen LogP contribution in [0.5, 0.6) is 11.5 Å². The summed E-state index contributed by atoms with van der Waals surface area (Å²) in [5.41, 5.74) is -0.903. The molecule has 0 fully saturated rings. The first-order valence-corrected chi connectivity index (χ1v) is 10.9. The Balaban J connectivity index is 2.71. The first-order valence-electron chi connectivity index (χ1n) is 7.90. The predicted octanol–water partition coefficient (Wildman–Crippen LogP) is 5.89. The fraction of sp³-hybridized carbons (Fsp3) is 0.0526. The Morgan fingerprint density at radius 1 is 0.759 bits per heavy atom. The lowest BCUT2D eigenvalue weighted by Gasteiger charge is -2.35. The third-order valence-electron chi connectivity index (χ3n) is 4.39. The summed E-state index contributed by atoms with van der Waals surface area (Å²) in [6, 6.07) is 11.6. The molecule has 3 aromatic rings. The second-order valence-electron chi connectivity index (χ2n) is 6.06. The minimum Gasteiger partial charge on any atom is -0.508 e. The molecular weight excluding hydrogens is 482 g/mol. The first kappa shape index (κ1) is 22.0. The third-order valence-corrected chi connectivity index (χ3v) is 7.28. The Morgan fingerprint density at radius 3 is 1.97 bits per heavy atom. The van der Waals surface area contributed by atoms with Crippen molar-refractivity contribution in [1.29, 1.82) is 0 Å². The molecule has 0 aliphatic rings. The van der Waals surface area contributed by atoms with Crippen LogP contribution in [0.3, 0.4) is 0 Å². The van der Waals surface area contributed by atoms with Gasteiger partial charge in [-0.15, -0.1) is 0 Å². The predicted molar refractivity (Wildman–Crippen MR) is 114 cm³/mol. The van der Waals surface area contributed by atoms with E-state index >= 15 is 0 Å². The summed E-state index contributed by atoms with van der Waals surface area (Å²) in [5, 5.41) is 20.0. The number of phenolic OH excluding ortho intramolecular Hbond substituents is 2. The van der Waals surface area contributed by atoms with Crippen LogP contribution in [0.25, 0.3) is 0 Å². The highest BCUT2D eigenvalue weighted by atomic mass is 35.5. The van der Waals surface area contributed by atoms with Gasteiger partial charge in [0.1, 0.15) is 11.5 Å². The molecule has 5 nitrogen and oxygen atoms in total. The number of rotatable bonds is 4. The molecule has 3 N–H and O–H groups in total. The number of halogens is 4. The molecular formula is C19H12Cl4O5S. The quantitative estimate of drug-likeness (QED) is 0.311. The van der Waals surface area contributed by atoms with E-state index in [-0.39, 0.29) is 37.0 Å². The van der Waals surface area contributed by atoms with E-state index in [1.807, 2.05) is 0 Å². The van der Waals surface area contributed by atoms with E-state index in [0.717, 1.165) is 12.1 Å². The van der Waals surface area contributed by atoms with E-state index in [1.54, 1.807) is 6.07 Å². The van der Waals surface area contributed by atoms with Gasteiger partial charge in [-0.1, -0.05) is 64.6 Å². The van der Waals surface area contributed by atoms with Gasteiger partial charge in [0.05, 0.1) is 10.0 Å². The summed E-state index contributed by atoms with van der Waals surface area (Å²) in [4.78, 5) is 0. The van der Waals surface area contributed by atoms with Gasteiger partial charge in [0.15, 0.2) is 4.75 Å². The van der Waals surface area contributed by atoms with Crippen molar-refractivity contribution in [2.45, 2.75) is 4.75 Å². The molecule has 1 unspecified atom stereocenters. The van der Waals surface area contributed by atoms with Crippen molar-refractivity contribution in [2.75, 3.05) is 0 Å². The van der Waals surface area contributed by atoms with Gasteiger partial charge >= 0.3 is 0 Å². The number of hydrogen-bond donors (Lipinski definition) is 3. The van der Waals surface area contributed by atoms with Crippen molar-refractivity contribution in [3.63, 3.8) is 0 Å². The zero-order valence-electron chi connectivity index (χ0n) is 14.3. The summed E-state index contributed by atoms with van der Waals surface area (Å²) in [6.45, 7) is 0. The molecule has 0 aliphatic carbocycles. The van der Waals surface area contributed by atoms with Crippen molar-refractivity contribution in [3.8, 4) is 11.5 Å². The lowest BCUT2D eigenvalue weighted by molar-refractivity contribution is 0.439. The molecule has 0 aromatic heterocycles. The van der Waals surface area contributed by atoms with Crippen LogP contribution >= 0.6 is 46.4 Å². The lowest BCUT2D eigenvalue weighted by Crippen LogP contribution is -2.39. The molecule has 0 spiro atoms. The van der Waals surface area contributed by atoms with Crippen molar-refractivity contribution in [2.24, 2.45) is 0 Å². The maximum Gasteiger partial charge on any atom is 0.283 e. The van der Waals surface area contributed by atoms with Gasteiger partial charge in [-0.2, -0.15) is 8.42 Å². The number of hydrogen-bond acceptors (Lipinski definition) is 4. The monoisotopic (exact) mass is 492 g/mol. The van der Waals surface area contributed by atoms with E-state index in [1.165, 1.54) is 36.4 Å². The molecule has 0 saturated heterocycles. The zero-order valence-corrected chi connectivity index (χ0v) is 18.1. The van der Waals surface area contributed by atoms with Gasteiger partial charge in [-0.25, -0.2) is 0 Å². The van der Waals surface area contributed by atoms with Crippen LogP contribution in [-0.2, 0) is 14.9 Å². The third kappa shape index (κ3) is 3.54. The Labute approximate surface area is 186 Å². The van der Waals surface area contributed by atoms with Gasteiger partial charge in [0, 0.05) is 26.7 Å². The van der Waals surface area contributed by atoms with Crippen molar-refractivity contribution in [3.05, 3.63) is 91.4 Å². The van der Waals surface area contributed by atoms with Crippen LogP contribution in [0.2, 0.25) is 20.1 Å². The van der Waals surface area contributed by atoms with Crippen molar-refractivity contribution in [1.82, 2.24) is 0 Å². The zero-order chi connectivity index (χ0) is 21.6. The van der Waals surface area contributed by atoms with E-state index < -0.39 is 26.2 Å². The standard InChI is InChI=1S/C19H12Cl4O5S/c20-13-4-2-1-3-11(13)19(29(26,27)28,12-9-10(24)5-6-14(12)21)17-16(25)8-7-15(22)18(17)23/h1-9,24-25H,(H,26,27,28). The Bertz CT molecular complexity index is 1210. The Morgan fingerprint density at radius 2 is 1.34 bits per heavy atom. The SMILES string of the molecule is O=S(=O)(O)C(c1ccccc1Cl)(c1cc(O)ccc1Cl)c1c(O)ccc(Cl)c1Cl. The molecule has 0 saturated carbocycles. The van der Waals surface area contributed by atoms with E-state index in [2.05, 4.69) is 0 Å². The maximum absolute atomic E-state index is 13.0. The smallest absolute Gasteiger partial charge is 0.283 e. The first-order chi connectivity index (χ1) is 13.5. The molecule has 0 radical (unpaired) electrons. The number of benzene rings is 3. The van der Waals surface area contributed by atoms with E-state index in [9.17, 15) is 23.2 Å². The molecule has 3 aromatic carbocycles. The van der Waals surface area contributed by atoms with E-state index in [4.69, 9.17) is 46.4 Å². The minimum absolute atomic E-state index is 0.0695. The van der Waals surface area contributed by atoms with Gasteiger partial charge in [-0.05, 0) is 36.4 Å². The van der Waals surface area contributed by atoms with Crippen LogP contribution in [0.1, 0.15) is 16.7 Å².